The summed E-state index contributed by atoms with van der Waals surface area (Å²) in [7, 11) is 3.59. The van der Waals surface area contributed by atoms with Crippen LogP contribution >= 0.6 is 12.2 Å². The van der Waals surface area contributed by atoms with Gasteiger partial charge in [0.25, 0.3) is 0 Å². The molecule has 84 valence electrons. The first-order valence-corrected chi connectivity index (χ1v) is 5.11. The molecule has 0 aliphatic carbocycles. The highest BCUT2D eigenvalue weighted by Crippen LogP contribution is 1.95. The number of ether oxygens (including phenoxy) is 1. The van der Waals surface area contributed by atoms with Crippen molar-refractivity contribution in [3.8, 4) is 0 Å². The molecule has 0 aromatic carbocycles. The van der Waals surface area contributed by atoms with Gasteiger partial charge in [0.15, 0.2) is 5.11 Å². The standard InChI is InChI=1S/C9H16N4OS/c1-13(7-8-10-3-4-11-8)9(15)12-5-6-14-2/h3-4H,5-7H2,1-2H3,(H,10,11)(H,12,15). The third-order valence-corrected chi connectivity index (χ3v) is 2.33. The zero-order chi connectivity index (χ0) is 11.1. The van der Waals surface area contributed by atoms with Crippen molar-refractivity contribution in [3.05, 3.63) is 18.2 Å². The quantitative estimate of drug-likeness (QED) is 0.563. The Hall–Kier alpha value is -1.14. The van der Waals surface area contributed by atoms with Crippen LogP contribution < -0.4 is 5.32 Å². The zero-order valence-electron chi connectivity index (χ0n) is 8.99. The Morgan fingerprint density at radius 3 is 3.13 bits per heavy atom. The molecule has 1 aromatic rings. The Labute approximate surface area is 94.8 Å². The van der Waals surface area contributed by atoms with E-state index in [9.17, 15) is 0 Å². The lowest BCUT2D eigenvalue weighted by Gasteiger charge is -2.19. The van der Waals surface area contributed by atoms with Crippen LogP contribution in [0.1, 0.15) is 5.82 Å². The summed E-state index contributed by atoms with van der Waals surface area (Å²) in [5, 5.41) is 3.78. The van der Waals surface area contributed by atoms with Crippen molar-refractivity contribution in [2.45, 2.75) is 6.54 Å². The summed E-state index contributed by atoms with van der Waals surface area (Å²) in [6, 6.07) is 0. The van der Waals surface area contributed by atoms with Gasteiger partial charge in [-0.15, -0.1) is 0 Å². The third-order valence-electron chi connectivity index (χ3n) is 1.87. The predicted molar refractivity (Wildman–Crippen MR) is 62.5 cm³/mol. The largest absolute Gasteiger partial charge is 0.383 e. The normalized spacial score (nSPS) is 10.0. The molecule has 0 unspecified atom stereocenters. The van der Waals surface area contributed by atoms with Crippen LogP contribution in [-0.2, 0) is 11.3 Å². The number of hydrogen-bond acceptors (Lipinski definition) is 3. The summed E-state index contributed by atoms with van der Waals surface area (Å²) < 4.78 is 4.92. The van der Waals surface area contributed by atoms with Gasteiger partial charge in [-0.2, -0.15) is 0 Å². The Morgan fingerprint density at radius 1 is 1.73 bits per heavy atom. The molecule has 1 rings (SSSR count). The second-order valence-corrected chi connectivity index (χ2v) is 3.50. The first-order chi connectivity index (χ1) is 7.24. The molecule has 0 bridgehead atoms. The number of aromatic amines is 1. The molecular formula is C9H16N4OS. The monoisotopic (exact) mass is 228 g/mol. The average molecular weight is 228 g/mol. The molecule has 1 aromatic heterocycles. The van der Waals surface area contributed by atoms with Gasteiger partial charge in [0.05, 0.1) is 13.2 Å². The number of rotatable bonds is 5. The van der Waals surface area contributed by atoms with Crippen LogP contribution in [0.4, 0.5) is 0 Å². The van der Waals surface area contributed by atoms with Gasteiger partial charge in [0.2, 0.25) is 0 Å². The molecule has 0 fully saturated rings. The molecule has 0 saturated heterocycles. The Bertz CT molecular complexity index is 288. The van der Waals surface area contributed by atoms with Crippen molar-refractivity contribution in [1.29, 1.82) is 0 Å². The van der Waals surface area contributed by atoms with E-state index in [2.05, 4.69) is 15.3 Å². The van der Waals surface area contributed by atoms with Crippen molar-refractivity contribution in [1.82, 2.24) is 20.2 Å². The molecule has 5 nitrogen and oxygen atoms in total. The Kier molecular flexibility index (Phi) is 5.06. The maximum atomic E-state index is 5.18. The molecule has 0 aliphatic heterocycles. The summed E-state index contributed by atoms with van der Waals surface area (Å²) in [6.07, 6.45) is 3.52. The molecule has 0 spiro atoms. The second kappa shape index (κ2) is 6.36. The number of H-pyrrole nitrogens is 1. The predicted octanol–water partition coefficient (Wildman–Crippen LogP) is 0.362. The fourth-order valence-electron chi connectivity index (χ4n) is 1.08. The minimum absolute atomic E-state index is 0.648. The van der Waals surface area contributed by atoms with E-state index in [0.29, 0.717) is 18.3 Å². The van der Waals surface area contributed by atoms with Crippen molar-refractivity contribution >= 4 is 17.3 Å². The topological polar surface area (TPSA) is 53.2 Å². The van der Waals surface area contributed by atoms with Crippen molar-refractivity contribution in [2.75, 3.05) is 27.3 Å². The summed E-state index contributed by atoms with van der Waals surface area (Å²) in [4.78, 5) is 9.07. The van der Waals surface area contributed by atoms with Gasteiger partial charge in [0, 0.05) is 33.1 Å². The lowest BCUT2D eigenvalue weighted by molar-refractivity contribution is 0.203. The van der Waals surface area contributed by atoms with E-state index in [-0.39, 0.29) is 0 Å². The molecule has 0 atom stereocenters. The molecular weight excluding hydrogens is 212 g/mol. The third kappa shape index (κ3) is 4.26. The molecule has 1 heterocycles. The SMILES string of the molecule is COCCNC(=S)N(C)Cc1ncc[nH]1. The summed E-state index contributed by atoms with van der Waals surface area (Å²) in [5.41, 5.74) is 0. The van der Waals surface area contributed by atoms with Gasteiger partial charge in [0.1, 0.15) is 5.82 Å². The molecule has 15 heavy (non-hydrogen) atoms. The second-order valence-electron chi connectivity index (χ2n) is 3.12. The summed E-state index contributed by atoms with van der Waals surface area (Å²) in [6.45, 7) is 2.04. The highest BCUT2D eigenvalue weighted by molar-refractivity contribution is 7.80. The van der Waals surface area contributed by atoms with Crippen LogP contribution in [0.3, 0.4) is 0 Å². The summed E-state index contributed by atoms with van der Waals surface area (Å²) >= 11 is 5.18. The number of thiocarbonyl (C=S) groups is 1. The summed E-state index contributed by atoms with van der Waals surface area (Å²) in [5.74, 6) is 0.897. The number of imidazole rings is 1. The van der Waals surface area contributed by atoms with E-state index in [1.807, 2.05) is 11.9 Å². The number of aromatic nitrogens is 2. The van der Waals surface area contributed by atoms with E-state index in [1.165, 1.54) is 0 Å². The minimum Gasteiger partial charge on any atom is -0.383 e. The maximum Gasteiger partial charge on any atom is 0.169 e. The van der Waals surface area contributed by atoms with Gasteiger partial charge in [-0.05, 0) is 12.2 Å². The number of hydrogen-bond donors (Lipinski definition) is 2. The van der Waals surface area contributed by atoms with E-state index < -0.39 is 0 Å². The number of nitrogens with zero attached hydrogens (tertiary/aromatic N) is 2. The van der Waals surface area contributed by atoms with Gasteiger partial charge in [-0.25, -0.2) is 4.98 Å². The van der Waals surface area contributed by atoms with Crippen molar-refractivity contribution in [3.63, 3.8) is 0 Å². The molecule has 0 aliphatic rings. The molecule has 0 radical (unpaired) electrons. The number of nitrogens with one attached hydrogen (secondary N) is 2. The maximum absolute atomic E-state index is 5.18. The molecule has 0 saturated carbocycles. The van der Waals surface area contributed by atoms with Crippen LogP contribution in [0.2, 0.25) is 0 Å². The smallest absolute Gasteiger partial charge is 0.169 e. The van der Waals surface area contributed by atoms with E-state index >= 15 is 0 Å². The van der Waals surface area contributed by atoms with E-state index in [4.69, 9.17) is 17.0 Å². The Balaban J connectivity index is 2.27. The first-order valence-electron chi connectivity index (χ1n) is 4.70. The minimum atomic E-state index is 0.648. The van der Waals surface area contributed by atoms with Crippen LogP contribution in [0.25, 0.3) is 0 Å². The van der Waals surface area contributed by atoms with Crippen molar-refractivity contribution in [2.24, 2.45) is 0 Å². The van der Waals surface area contributed by atoms with Crippen molar-refractivity contribution < 1.29 is 4.74 Å². The van der Waals surface area contributed by atoms with E-state index in [0.717, 1.165) is 12.4 Å². The molecule has 6 heteroatoms. The fourth-order valence-corrected chi connectivity index (χ4v) is 1.24. The van der Waals surface area contributed by atoms with Crippen LogP contribution in [0.5, 0.6) is 0 Å². The number of methoxy groups -OCH3 is 1. The molecule has 2 N–H and O–H groups in total. The van der Waals surface area contributed by atoms with Crippen LogP contribution in [-0.4, -0.2) is 47.3 Å². The van der Waals surface area contributed by atoms with Gasteiger partial charge < -0.3 is 19.9 Å². The highest BCUT2D eigenvalue weighted by atomic mass is 32.1. The van der Waals surface area contributed by atoms with E-state index in [1.54, 1.807) is 19.5 Å². The van der Waals surface area contributed by atoms with Gasteiger partial charge in [-0.3, -0.25) is 0 Å². The lowest BCUT2D eigenvalue weighted by atomic mass is 10.5. The van der Waals surface area contributed by atoms with Crippen LogP contribution in [0, 0.1) is 0 Å². The van der Waals surface area contributed by atoms with Gasteiger partial charge >= 0.3 is 0 Å². The first kappa shape index (κ1) is 11.9. The van der Waals surface area contributed by atoms with Gasteiger partial charge in [-0.1, -0.05) is 0 Å². The Morgan fingerprint density at radius 2 is 2.53 bits per heavy atom. The fraction of sp³-hybridized carbons (Fsp3) is 0.556. The highest BCUT2D eigenvalue weighted by Gasteiger charge is 2.05. The zero-order valence-corrected chi connectivity index (χ0v) is 9.80. The lowest BCUT2D eigenvalue weighted by Crippen LogP contribution is -2.38. The average Bonchev–Trinajstić information content (AvgIpc) is 2.70. The van der Waals surface area contributed by atoms with Crippen LogP contribution in [0.15, 0.2) is 12.4 Å². The molecule has 0 amide bonds.